The molecule has 1 aromatic carbocycles. The summed E-state index contributed by atoms with van der Waals surface area (Å²) in [5.74, 6) is 2.23. The van der Waals surface area contributed by atoms with Crippen LogP contribution < -0.4 is 10.6 Å². The second-order valence-electron chi connectivity index (χ2n) is 9.12. The Balaban J connectivity index is 1.41. The van der Waals surface area contributed by atoms with Crippen LogP contribution in [-0.2, 0) is 13.0 Å². The van der Waals surface area contributed by atoms with Gasteiger partial charge in [0, 0.05) is 35.8 Å². The summed E-state index contributed by atoms with van der Waals surface area (Å²) in [6, 6.07) is 11.3. The lowest BCUT2D eigenvalue weighted by Gasteiger charge is -2.28. The quantitative estimate of drug-likeness (QED) is 0.489. The van der Waals surface area contributed by atoms with E-state index in [0.29, 0.717) is 12.0 Å². The molecule has 2 aliphatic rings. The highest BCUT2D eigenvalue weighted by Crippen LogP contribution is 2.38. The Morgan fingerprint density at radius 3 is 2.77 bits per heavy atom. The van der Waals surface area contributed by atoms with E-state index in [1.165, 1.54) is 47.7 Å². The smallest absolute Gasteiger partial charge is 0.230 e. The number of rotatable bonds is 3. The highest BCUT2D eigenvalue weighted by atomic mass is 15.2. The average Bonchev–Trinajstić information content (AvgIpc) is 3.13. The van der Waals surface area contributed by atoms with Gasteiger partial charge in [0.25, 0.3) is 0 Å². The van der Waals surface area contributed by atoms with E-state index in [1.807, 2.05) is 12.4 Å². The molecule has 6 nitrogen and oxygen atoms in total. The van der Waals surface area contributed by atoms with Gasteiger partial charge in [0.15, 0.2) is 0 Å². The molecule has 4 aromatic rings. The predicted molar refractivity (Wildman–Crippen MR) is 125 cm³/mol. The second kappa shape index (κ2) is 7.61. The zero-order chi connectivity index (χ0) is 20.8. The summed E-state index contributed by atoms with van der Waals surface area (Å²) in [4.78, 5) is 14.2. The Kier molecular flexibility index (Phi) is 4.60. The van der Waals surface area contributed by atoms with E-state index in [2.05, 4.69) is 62.4 Å². The maximum atomic E-state index is 5.00. The molecule has 0 radical (unpaired) electrons. The van der Waals surface area contributed by atoms with Crippen LogP contribution in [0.25, 0.3) is 21.9 Å². The number of fused-ring (bicyclic) bond motifs is 4. The fraction of sp³-hybridized carbons (Fsp3) is 0.400. The summed E-state index contributed by atoms with van der Waals surface area (Å²) >= 11 is 0. The molecule has 6 heteroatoms. The van der Waals surface area contributed by atoms with Gasteiger partial charge in [-0.1, -0.05) is 25.1 Å². The minimum Gasteiger partial charge on any atom is -0.322 e. The van der Waals surface area contributed by atoms with Crippen molar-refractivity contribution in [3.05, 3.63) is 53.9 Å². The summed E-state index contributed by atoms with van der Waals surface area (Å²) < 4.78 is 2.47. The van der Waals surface area contributed by atoms with Gasteiger partial charge >= 0.3 is 0 Å². The molecule has 0 bridgehead atoms. The van der Waals surface area contributed by atoms with E-state index >= 15 is 0 Å². The number of nitrogens with one attached hydrogen (secondary N) is 2. The molecule has 1 aliphatic carbocycles. The second-order valence-corrected chi connectivity index (χ2v) is 9.12. The molecule has 31 heavy (non-hydrogen) atoms. The predicted octanol–water partition coefficient (Wildman–Crippen LogP) is 5.12. The average molecular weight is 413 g/mol. The first-order valence-corrected chi connectivity index (χ1v) is 11.5. The standard InChI is InChI=1S/C25H28N6/c1-16-6-8-19(9-7-16)31-22-5-3-2-4-20(22)21-15-28-25(30-24(21)31)29-23-12-18-13-26-11-10-17(18)14-27-23/h2-5,12,14-16,19,26H,6-11,13H2,1H3,(H,27,28,29,30). The van der Waals surface area contributed by atoms with Gasteiger partial charge in [-0.15, -0.1) is 0 Å². The molecule has 6 rings (SSSR count). The van der Waals surface area contributed by atoms with Crippen molar-refractivity contribution >= 4 is 33.7 Å². The maximum Gasteiger partial charge on any atom is 0.230 e. The van der Waals surface area contributed by atoms with Gasteiger partial charge in [-0.05, 0) is 67.8 Å². The van der Waals surface area contributed by atoms with Gasteiger partial charge in [-0.25, -0.2) is 9.97 Å². The largest absolute Gasteiger partial charge is 0.322 e. The number of hydrogen-bond donors (Lipinski definition) is 2. The van der Waals surface area contributed by atoms with Gasteiger partial charge in [-0.2, -0.15) is 4.98 Å². The van der Waals surface area contributed by atoms with Crippen LogP contribution in [0.3, 0.4) is 0 Å². The highest BCUT2D eigenvalue weighted by Gasteiger charge is 2.24. The van der Waals surface area contributed by atoms with E-state index < -0.39 is 0 Å². The third-order valence-corrected chi connectivity index (χ3v) is 7.01. The molecule has 1 saturated carbocycles. The first kappa shape index (κ1) is 18.8. The van der Waals surface area contributed by atoms with Gasteiger partial charge in [-0.3, -0.25) is 0 Å². The Bertz CT molecular complexity index is 1250. The number of hydrogen-bond acceptors (Lipinski definition) is 5. The Labute approximate surface area is 182 Å². The first-order chi connectivity index (χ1) is 15.3. The van der Waals surface area contributed by atoms with Crippen molar-refractivity contribution < 1.29 is 0 Å². The van der Waals surface area contributed by atoms with Crippen molar-refractivity contribution in [3.8, 4) is 0 Å². The molecule has 1 fully saturated rings. The molecular formula is C25H28N6. The van der Waals surface area contributed by atoms with E-state index in [0.717, 1.165) is 42.3 Å². The van der Waals surface area contributed by atoms with Crippen LogP contribution in [0.5, 0.6) is 0 Å². The van der Waals surface area contributed by atoms with Crippen LogP contribution in [-0.4, -0.2) is 26.1 Å². The number of para-hydroxylation sites is 1. The number of benzene rings is 1. The highest BCUT2D eigenvalue weighted by molar-refractivity contribution is 6.06. The number of nitrogens with zero attached hydrogens (tertiary/aromatic N) is 4. The van der Waals surface area contributed by atoms with Gasteiger partial charge in [0.05, 0.1) is 5.52 Å². The Morgan fingerprint density at radius 1 is 1.00 bits per heavy atom. The summed E-state index contributed by atoms with van der Waals surface area (Å²) in [6.45, 7) is 4.28. The Hall–Kier alpha value is -2.99. The SMILES string of the molecule is CC1CCC(n2c3ccccc3c3cnc(Nc4cc5c(cn4)CCNC5)nc32)CC1. The normalized spacial score (nSPS) is 21.3. The fourth-order valence-corrected chi connectivity index (χ4v) is 5.25. The number of anilines is 2. The molecule has 4 heterocycles. The zero-order valence-corrected chi connectivity index (χ0v) is 17.9. The van der Waals surface area contributed by atoms with Gasteiger partial charge in [0.1, 0.15) is 11.5 Å². The third-order valence-electron chi connectivity index (χ3n) is 7.01. The molecular weight excluding hydrogens is 384 g/mol. The van der Waals surface area contributed by atoms with Gasteiger partial charge < -0.3 is 15.2 Å². The van der Waals surface area contributed by atoms with Crippen LogP contribution >= 0.6 is 0 Å². The topological polar surface area (TPSA) is 67.7 Å². The minimum absolute atomic E-state index is 0.495. The number of pyridine rings is 1. The fourth-order valence-electron chi connectivity index (χ4n) is 5.25. The molecule has 0 atom stereocenters. The van der Waals surface area contributed by atoms with Crippen molar-refractivity contribution in [2.45, 2.75) is 51.6 Å². The van der Waals surface area contributed by atoms with Gasteiger partial charge in [0.2, 0.25) is 5.95 Å². The summed E-state index contributed by atoms with van der Waals surface area (Å²) in [5, 5.41) is 9.15. The van der Waals surface area contributed by atoms with E-state index in [1.54, 1.807) is 0 Å². The first-order valence-electron chi connectivity index (χ1n) is 11.5. The summed E-state index contributed by atoms with van der Waals surface area (Å²) in [5.41, 5.74) is 4.92. The molecule has 0 spiro atoms. The van der Waals surface area contributed by atoms with Crippen LogP contribution in [0, 0.1) is 5.92 Å². The van der Waals surface area contributed by atoms with Crippen LogP contribution in [0.4, 0.5) is 11.8 Å². The lowest BCUT2D eigenvalue weighted by molar-refractivity contribution is 0.298. The maximum absolute atomic E-state index is 5.00. The summed E-state index contributed by atoms with van der Waals surface area (Å²) in [7, 11) is 0. The van der Waals surface area contributed by atoms with E-state index in [-0.39, 0.29) is 0 Å². The molecule has 0 amide bonds. The third kappa shape index (κ3) is 3.35. The van der Waals surface area contributed by atoms with E-state index in [9.17, 15) is 0 Å². The van der Waals surface area contributed by atoms with Crippen molar-refractivity contribution in [2.24, 2.45) is 5.92 Å². The molecule has 3 aromatic heterocycles. The summed E-state index contributed by atoms with van der Waals surface area (Å²) in [6.07, 6.45) is 9.96. The lowest BCUT2D eigenvalue weighted by Crippen LogP contribution is -2.23. The van der Waals surface area contributed by atoms with Crippen LogP contribution in [0.2, 0.25) is 0 Å². The lowest BCUT2D eigenvalue weighted by atomic mass is 9.87. The molecule has 158 valence electrons. The van der Waals surface area contributed by atoms with Crippen molar-refractivity contribution in [1.82, 2.24) is 24.8 Å². The van der Waals surface area contributed by atoms with Crippen LogP contribution in [0.15, 0.2) is 42.7 Å². The molecule has 0 saturated heterocycles. The van der Waals surface area contributed by atoms with Crippen molar-refractivity contribution in [1.29, 1.82) is 0 Å². The molecule has 2 N–H and O–H groups in total. The number of aromatic nitrogens is 4. The van der Waals surface area contributed by atoms with Crippen LogP contribution in [0.1, 0.15) is 49.8 Å². The molecule has 0 unspecified atom stereocenters. The molecule has 1 aliphatic heterocycles. The monoisotopic (exact) mass is 412 g/mol. The van der Waals surface area contributed by atoms with E-state index in [4.69, 9.17) is 4.98 Å². The minimum atomic E-state index is 0.495. The Morgan fingerprint density at radius 2 is 1.87 bits per heavy atom. The van der Waals surface area contributed by atoms with Crippen molar-refractivity contribution in [2.75, 3.05) is 11.9 Å². The zero-order valence-electron chi connectivity index (χ0n) is 17.9. The van der Waals surface area contributed by atoms with Crippen molar-refractivity contribution in [3.63, 3.8) is 0 Å².